The summed E-state index contributed by atoms with van der Waals surface area (Å²) in [6.45, 7) is 8.06. The number of benzene rings is 1. The first-order valence-electron chi connectivity index (χ1n) is 8.90. The molecule has 1 aliphatic heterocycles. The Kier molecular flexibility index (Phi) is 9.61. The van der Waals surface area contributed by atoms with Crippen LogP contribution >= 0.6 is 35.6 Å². The molecule has 1 saturated heterocycles. The molecule has 26 heavy (non-hydrogen) atoms. The highest BCUT2D eigenvalue weighted by atomic mass is 127. The number of piperidine rings is 1. The molecular formula is C19H31ClFIN4. The molecule has 0 bridgehead atoms. The molecule has 1 fully saturated rings. The summed E-state index contributed by atoms with van der Waals surface area (Å²) in [6.07, 6.45) is 2.51. The predicted octanol–water partition coefficient (Wildman–Crippen LogP) is 3.88. The van der Waals surface area contributed by atoms with E-state index in [9.17, 15) is 4.39 Å². The van der Waals surface area contributed by atoms with Gasteiger partial charge in [0.25, 0.3) is 0 Å². The average molecular weight is 497 g/mol. The minimum atomic E-state index is -0.313. The summed E-state index contributed by atoms with van der Waals surface area (Å²) in [4.78, 5) is 6.69. The van der Waals surface area contributed by atoms with E-state index in [0.717, 1.165) is 24.6 Å². The van der Waals surface area contributed by atoms with Crippen molar-refractivity contribution in [3.63, 3.8) is 0 Å². The molecule has 1 aromatic carbocycles. The molecule has 2 rings (SSSR count). The fourth-order valence-electron chi connectivity index (χ4n) is 3.34. The van der Waals surface area contributed by atoms with Crippen LogP contribution in [-0.4, -0.2) is 51.1 Å². The van der Waals surface area contributed by atoms with Crippen molar-refractivity contribution >= 4 is 41.5 Å². The molecule has 1 heterocycles. The van der Waals surface area contributed by atoms with Crippen LogP contribution in [0.2, 0.25) is 5.02 Å². The van der Waals surface area contributed by atoms with Gasteiger partial charge in [0.1, 0.15) is 5.82 Å². The fraction of sp³-hybridized carbons (Fsp3) is 0.632. The van der Waals surface area contributed by atoms with E-state index >= 15 is 0 Å². The van der Waals surface area contributed by atoms with E-state index in [0.29, 0.717) is 17.5 Å². The minimum Gasteiger partial charge on any atom is -0.356 e. The van der Waals surface area contributed by atoms with E-state index in [1.165, 1.54) is 31.5 Å². The zero-order valence-corrected chi connectivity index (χ0v) is 19.2. The number of likely N-dealkylation sites (tertiary alicyclic amines) is 1. The third-order valence-electron chi connectivity index (χ3n) is 4.86. The second kappa shape index (κ2) is 10.7. The Bertz CT molecular complexity index is 609. The first-order valence-corrected chi connectivity index (χ1v) is 9.28. The highest BCUT2D eigenvalue weighted by molar-refractivity contribution is 14.0. The summed E-state index contributed by atoms with van der Waals surface area (Å²) < 4.78 is 13.3. The van der Waals surface area contributed by atoms with Crippen LogP contribution in [0.5, 0.6) is 0 Å². The average Bonchev–Trinajstić information content (AvgIpc) is 2.54. The van der Waals surface area contributed by atoms with Gasteiger partial charge in [-0.15, -0.1) is 24.0 Å². The summed E-state index contributed by atoms with van der Waals surface area (Å²) in [5, 5.41) is 7.26. The Morgan fingerprint density at radius 1 is 1.38 bits per heavy atom. The molecule has 4 nitrogen and oxygen atoms in total. The molecule has 0 amide bonds. The van der Waals surface area contributed by atoms with Gasteiger partial charge >= 0.3 is 0 Å². The van der Waals surface area contributed by atoms with Gasteiger partial charge in [0.05, 0.1) is 0 Å². The molecule has 0 aliphatic carbocycles. The predicted molar refractivity (Wildman–Crippen MR) is 119 cm³/mol. The van der Waals surface area contributed by atoms with Crippen LogP contribution < -0.4 is 10.6 Å². The van der Waals surface area contributed by atoms with E-state index in [1.807, 2.05) is 0 Å². The first-order chi connectivity index (χ1) is 11.8. The van der Waals surface area contributed by atoms with Crippen molar-refractivity contribution in [2.24, 2.45) is 10.9 Å². The number of aliphatic imine (C=N–C) groups is 1. The van der Waals surface area contributed by atoms with E-state index in [2.05, 4.69) is 41.4 Å². The largest absolute Gasteiger partial charge is 0.356 e. The molecule has 1 aromatic rings. The SMILES string of the molecule is CN=C(NCC1CCCN(C)C1)NCC(C)(C)c1ccc(F)cc1Cl.I. The molecule has 0 spiro atoms. The molecule has 0 saturated carbocycles. The maximum absolute atomic E-state index is 13.3. The van der Waals surface area contributed by atoms with Crippen LogP contribution in [0.4, 0.5) is 4.39 Å². The van der Waals surface area contributed by atoms with Crippen LogP contribution in [-0.2, 0) is 5.41 Å². The summed E-state index contributed by atoms with van der Waals surface area (Å²) in [7, 11) is 3.95. The third kappa shape index (κ3) is 6.85. The normalized spacial score (nSPS) is 19.0. The molecule has 1 aliphatic rings. The van der Waals surface area contributed by atoms with E-state index in [4.69, 9.17) is 11.6 Å². The van der Waals surface area contributed by atoms with Crippen molar-refractivity contribution in [1.82, 2.24) is 15.5 Å². The van der Waals surface area contributed by atoms with Gasteiger partial charge in [-0.05, 0) is 50.0 Å². The molecule has 0 radical (unpaired) electrons. The first kappa shape index (κ1) is 23.4. The lowest BCUT2D eigenvalue weighted by molar-refractivity contribution is 0.210. The zero-order valence-electron chi connectivity index (χ0n) is 16.1. The Morgan fingerprint density at radius 3 is 2.73 bits per heavy atom. The molecule has 2 N–H and O–H groups in total. The molecule has 0 aromatic heterocycles. The molecule has 1 unspecified atom stereocenters. The maximum Gasteiger partial charge on any atom is 0.191 e. The molecule has 148 valence electrons. The second-order valence-electron chi connectivity index (χ2n) is 7.59. The van der Waals surface area contributed by atoms with Crippen molar-refractivity contribution < 1.29 is 4.39 Å². The highest BCUT2D eigenvalue weighted by Crippen LogP contribution is 2.29. The number of guanidine groups is 1. The summed E-state index contributed by atoms with van der Waals surface area (Å²) in [5.74, 6) is 1.13. The van der Waals surface area contributed by atoms with Crippen LogP contribution in [0.1, 0.15) is 32.3 Å². The Hall–Kier alpha value is -0.600. The van der Waals surface area contributed by atoms with Crippen LogP contribution in [0.15, 0.2) is 23.2 Å². The van der Waals surface area contributed by atoms with Gasteiger partial charge in [-0.25, -0.2) is 4.39 Å². The lowest BCUT2D eigenvalue weighted by Gasteiger charge is -2.31. The smallest absolute Gasteiger partial charge is 0.191 e. The van der Waals surface area contributed by atoms with E-state index in [-0.39, 0.29) is 35.2 Å². The quantitative estimate of drug-likeness (QED) is 0.369. The van der Waals surface area contributed by atoms with Crippen molar-refractivity contribution in [1.29, 1.82) is 0 Å². The Labute approximate surface area is 179 Å². The van der Waals surface area contributed by atoms with Gasteiger partial charge in [-0.1, -0.05) is 31.5 Å². The maximum atomic E-state index is 13.3. The summed E-state index contributed by atoms with van der Waals surface area (Å²) in [6, 6.07) is 4.58. The van der Waals surface area contributed by atoms with Gasteiger partial charge in [0, 0.05) is 37.1 Å². The minimum absolute atomic E-state index is 0. The number of nitrogens with zero attached hydrogens (tertiary/aromatic N) is 2. The highest BCUT2D eigenvalue weighted by Gasteiger charge is 2.24. The zero-order chi connectivity index (χ0) is 18.4. The van der Waals surface area contributed by atoms with Gasteiger partial charge in [-0.3, -0.25) is 4.99 Å². The number of hydrogen-bond donors (Lipinski definition) is 2. The van der Waals surface area contributed by atoms with Crippen molar-refractivity contribution in [2.45, 2.75) is 32.1 Å². The van der Waals surface area contributed by atoms with Gasteiger partial charge < -0.3 is 15.5 Å². The van der Waals surface area contributed by atoms with Crippen molar-refractivity contribution in [3.05, 3.63) is 34.6 Å². The summed E-state index contributed by atoms with van der Waals surface area (Å²) >= 11 is 6.22. The topological polar surface area (TPSA) is 39.7 Å². The Balaban J connectivity index is 0.00000338. The molecular weight excluding hydrogens is 466 g/mol. The number of halogens is 3. The van der Waals surface area contributed by atoms with Crippen LogP contribution in [0.3, 0.4) is 0 Å². The lowest BCUT2D eigenvalue weighted by atomic mass is 9.84. The molecule has 1 atom stereocenters. The van der Waals surface area contributed by atoms with E-state index < -0.39 is 0 Å². The fourth-order valence-corrected chi connectivity index (χ4v) is 3.76. The summed E-state index contributed by atoms with van der Waals surface area (Å²) in [5.41, 5.74) is 0.681. The Morgan fingerprint density at radius 2 is 2.12 bits per heavy atom. The van der Waals surface area contributed by atoms with Crippen LogP contribution in [0, 0.1) is 11.7 Å². The monoisotopic (exact) mass is 496 g/mol. The number of nitrogens with one attached hydrogen (secondary N) is 2. The van der Waals surface area contributed by atoms with Gasteiger partial charge in [0.15, 0.2) is 5.96 Å². The number of rotatable bonds is 5. The molecule has 7 heteroatoms. The van der Waals surface area contributed by atoms with Crippen molar-refractivity contribution in [3.8, 4) is 0 Å². The van der Waals surface area contributed by atoms with Crippen LogP contribution in [0.25, 0.3) is 0 Å². The third-order valence-corrected chi connectivity index (χ3v) is 5.17. The second-order valence-corrected chi connectivity index (χ2v) is 7.99. The van der Waals surface area contributed by atoms with E-state index in [1.54, 1.807) is 13.1 Å². The van der Waals surface area contributed by atoms with Crippen molar-refractivity contribution in [2.75, 3.05) is 40.3 Å². The standard InChI is InChI=1S/C19H30ClFN4.HI/c1-19(2,16-8-7-15(21)10-17(16)20)13-24-18(22-3)23-11-14-6-5-9-25(4)12-14;/h7-8,10,14H,5-6,9,11-13H2,1-4H3,(H2,22,23,24);1H. The van der Waals surface area contributed by atoms with Gasteiger partial charge in [-0.2, -0.15) is 0 Å². The number of hydrogen-bond acceptors (Lipinski definition) is 2. The van der Waals surface area contributed by atoms with Gasteiger partial charge in [0.2, 0.25) is 0 Å². The lowest BCUT2D eigenvalue weighted by Crippen LogP contribution is -2.46.